The van der Waals surface area contributed by atoms with Gasteiger partial charge in [0.1, 0.15) is 6.29 Å². The molecule has 0 aliphatic heterocycles. The average Bonchev–Trinajstić information content (AvgIpc) is 3.13. The van der Waals surface area contributed by atoms with Gasteiger partial charge in [-0.3, -0.25) is 19.2 Å². The Balaban J connectivity index is 1.83. The molecule has 0 saturated heterocycles. The number of hydrogen-bond donors (Lipinski definition) is 2. The van der Waals surface area contributed by atoms with Gasteiger partial charge < -0.3 is 44.0 Å². The standard InChI is InChI=1S/C37H55N3O10/c1-3-34(14-9-5-8-13-33-11-6-4-7-12-33)39-36(43)17-21-45-23-25-47-27-29-49-31-32-50-30-28-48-26-24-46-22-18-38-35(42)16-19-40(2)37(44)15-10-20-41/h3-7,9-12,14-15,20H,1,8,13,16-19,21-32H2,2H3,(H,38,42)(H,39,43)/b9-5-,15-10-,34-14+. The van der Waals surface area contributed by atoms with Crippen LogP contribution in [0.4, 0.5) is 0 Å². The number of allylic oxidation sites excluding steroid dienone is 5. The molecule has 0 spiro atoms. The van der Waals surface area contributed by atoms with Gasteiger partial charge >= 0.3 is 0 Å². The summed E-state index contributed by atoms with van der Waals surface area (Å²) in [5.41, 5.74) is 1.94. The highest BCUT2D eigenvalue weighted by molar-refractivity contribution is 5.91. The second kappa shape index (κ2) is 32.2. The van der Waals surface area contributed by atoms with Crippen molar-refractivity contribution in [2.24, 2.45) is 0 Å². The van der Waals surface area contributed by atoms with E-state index in [1.807, 2.05) is 30.4 Å². The Kier molecular flexibility index (Phi) is 28.4. The summed E-state index contributed by atoms with van der Waals surface area (Å²) in [6.07, 6.45) is 12.5. The molecule has 0 aromatic heterocycles. The lowest BCUT2D eigenvalue weighted by molar-refractivity contribution is -0.126. The first-order valence-corrected chi connectivity index (χ1v) is 16.9. The van der Waals surface area contributed by atoms with Crippen molar-refractivity contribution in [1.29, 1.82) is 0 Å². The van der Waals surface area contributed by atoms with E-state index in [2.05, 4.69) is 35.4 Å². The van der Waals surface area contributed by atoms with E-state index < -0.39 is 0 Å². The zero-order chi connectivity index (χ0) is 36.3. The van der Waals surface area contributed by atoms with E-state index in [9.17, 15) is 19.2 Å². The minimum absolute atomic E-state index is 0.137. The maximum atomic E-state index is 12.2. The summed E-state index contributed by atoms with van der Waals surface area (Å²) in [4.78, 5) is 47.2. The molecule has 0 bridgehead atoms. The Morgan fingerprint density at radius 3 is 1.86 bits per heavy atom. The third-order valence-electron chi connectivity index (χ3n) is 6.63. The number of rotatable bonds is 32. The molecule has 1 aromatic rings. The number of carbonyl (C=O) groups is 4. The zero-order valence-corrected chi connectivity index (χ0v) is 29.4. The Bertz CT molecular complexity index is 1160. The van der Waals surface area contributed by atoms with Crippen LogP contribution in [-0.4, -0.2) is 128 Å². The maximum absolute atomic E-state index is 12.2. The number of nitrogens with zero attached hydrogens (tertiary/aromatic N) is 1. The molecule has 1 rings (SSSR count). The smallest absolute Gasteiger partial charge is 0.246 e. The van der Waals surface area contributed by atoms with Crippen molar-refractivity contribution < 1.29 is 47.6 Å². The van der Waals surface area contributed by atoms with Gasteiger partial charge in [-0.05, 0) is 36.6 Å². The lowest BCUT2D eigenvalue weighted by Crippen LogP contribution is -2.33. The number of ether oxygens (including phenoxy) is 6. The van der Waals surface area contributed by atoms with Crippen molar-refractivity contribution >= 4 is 24.0 Å². The summed E-state index contributed by atoms with van der Waals surface area (Å²) in [5.74, 6) is -0.666. The van der Waals surface area contributed by atoms with Crippen LogP contribution in [0, 0.1) is 0 Å². The largest absolute Gasteiger partial charge is 0.379 e. The Morgan fingerprint density at radius 2 is 1.30 bits per heavy atom. The number of nitrogens with one attached hydrogen (secondary N) is 2. The number of aryl methyl sites for hydroxylation is 1. The molecule has 2 N–H and O–H groups in total. The van der Waals surface area contributed by atoms with Gasteiger partial charge in [0.15, 0.2) is 0 Å². The van der Waals surface area contributed by atoms with Gasteiger partial charge in [0.2, 0.25) is 17.7 Å². The lowest BCUT2D eigenvalue weighted by atomic mass is 10.1. The van der Waals surface area contributed by atoms with E-state index in [0.717, 1.165) is 25.0 Å². The zero-order valence-electron chi connectivity index (χ0n) is 29.4. The molecule has 50 heavy (non-hydrogen) atoms. The predicted molar refractivity (Wildman–Crippen MR) is 190 cm³/mol. The van der Waals surface area contributed by atoms with E-state index in [-0.39, 0.29) is 37.1 Å². The molecule has 0 radical (unpaired) electrons. The normalized spacial score (nSPS) is 11.6. The summed E-state index contributed by atoms with van der Waals surface area (Å²) in [5, 5.41) is 5.54. The first-order chi connectivity index (χ1) is 24.5. The van der Waals surface area contributed by atoms with Crippen molar-refractivity contribution in [3.63, 3.8) is 0 Å². The topological polar surface area (TPSA) is 151 Å². The summed E-state index contributed by atoms with van der Waals surface area (Å²) in [6.45, 7) is 9.22. The number of amides is 3. The van der Waals surface area contributed by atoms with Crippen LogP contribution in [0.1, 0.15) is 24.8 Å². The fraction of sp³-hybridized carbons (Fsp3) is 0.514. The molecule has 3 amide bonds. The first-order valence-electron chi connectivity index (χ1n) is 16.9. The highest BCUT2D eigenvalue weighted by Gasteiger charge is 2.08. The van der Waals surface area contributed by atoms with Crippen molar-refractivity contribution in [3.8, 4) is 0 Å². The predicted octanol–water partition coefficient (Wildman–Crippen LogP) is 2.57. The van der Waals surface area contributed by atoms with Crippen LogP contribution in [0.15, 0.2) is 79.1 Å². The van der Waals surface area contributed by atoms with Crippen LogP contribution < -0.4 is 10.6 Å². The molecule has 0 fully saturated rings. The summed E-state index contributed by atoms with van der Waals surface area (Å²) < 4.78 is 32.7. The van der Waals surface area contributed by atoms with Gasteiger partial charge in [0.25, 0.3) is 0 Å². The Morgan fingerprint density at radius 1 is 0.740 bits per heavy atom. The van der Waals surface area contributed by atoms with Gasteiger partial charge in [-0.25, -0.2) is 0 Å². The molecular formula is C37H55N3O10. The highest BCUT2D eigenvalue weighted by atomic mass is 16.6. The maximum Gasteiger partial charge on any atom is 0.246 e. The summed E-state index contributed by atoms with van der Waals surface area (Å²) in [7, 11) is 1.56. The second-order valence-corrected chi connectivity index (χ2v) is 10.6. The van der Waals surface area contributed by atoms with Crippen molar-refractivity contribution in [2.75, 3.05) is 99.4 Å². The summed E-state index contributed by atoms with van der Waals surface area (Å²) in [6, 6.07) is 10.3. The first kappa shape index (κ1) is 44.0. The molecule has 0 aliphatic carbocycles. The SMILES string of the molecule is C=C/C(=C\C=C/CCc1ccccc1)NC(=O)CCOCCOCCOCCOCCOCCOCCNC(=O)CCN(C)C(=O)/C=C\C=O. The van der Waals surface area contributed by atoms with Gasteiger partial charge in [-0.1, -0.05) is 49.1 Å². The van der Waals surface area contributed by atoms with E-state index in [1.54, 1.807) is 13.1 Å². The van der Waals surface area contributed by atoms with E-state index in [4.69, 9.17) is 28.4 Å². The van der Waals surface area contributed by atoms with Crippen LogP contribution in [0.5, 0.6) is 0 Å². The van der Waals surface area contributed by atoms with Gasteiger partial charge in [0, 0.05) is 38.3 Å². The van der Waals surface area contributed by atoms with Crippen molar-refractivity contribution in [2.45, 2.75) is 25.7 Å². The van der Waals surface area contributed by atoms with Crippen LogP contribution in [-0.2, 0) is 54.0 Å². The van der Waals surface area contributed by atoms with Gasteiger partial charge in [-0.15, -0.1) is 0 Å². The van der Waals surface area contributed by atoms with Crippen LogP contribution in [0.2, 0.25) is 0 Å². The lowest BCUT2D eigenvalue weighted by Gasteiger charge is -2.14. The number of carbonyl (C=O) groups excluding carboxylic acids is 4. The number of hydrogen-bond acceptors (Lipinski definition) is 10. The molecule has 0 aliphatic rings. The third-order valence-corrected chi connectivity index (χ3v) is 6.63. The minimum Gasteiger partial charge on any atom is -0.379 e. The molecule has 278 valence electrons. The van der Waals surface area contributed by atoms with E-state index >= 15 is 0 Å². The Hall–Kier alpha value is -3.98. The molecule has 13 nitrogen and oxygen atoms in total. The molecular weight excluding hydrogens is 646 g/mol. The third kappa shape index (κ3) is 26.9. The monoisotopic (exact) mass is 701 g/mol. The molecule has 1 aromatic carbocycles. The summed E-state index contributed by atoms with van der Waals surface area (Å²) >= 11 is 0. The minimum atomic E-state index is -0.338. The molecule has 13 heteroatoms. The Labute approximate surface area is 296 Å². The average molecular weight is 702 g/mol. The second-order valence-electron chi connectivity index (χ2n) is 10.6. The fourth-order valence-corrected chi connectivity index (χ4v) is 3.89. The van der Waals surface area contributed by atoms with Crippen LogP contribution in [0.25, 0.3) is 0 Å². The molecule has 0 heterocycles. The number of benzene rings is 1. The van der Waals surface area contributed by atoms with Gasteiger partial charge in [0.05, 0.1) is 85.7 Å². The molecule has 0 atom stereocenters. The fourth-order valence-electron chi connectivity index (χ4n) is 3.89. The van der Waals surface area contributed by atoms with Gasteiger partial charge in [-0.2, -0.15) is 0 Å². The van der Waals surface area contributed by atoms with Crippen molar-refractivity contribution in [1.82, 2.24) is 15.5 Å². The molecule has 0 saturated carbocycles. The molecule has 0 unspecified atom stereocenters. The quantitative estimate of drug-likeness (QED) is 0.0497. The van der Waals surface area contributed by atoms with Crippen LogP contribution >= 0.6 is 0 Å². The number of aldehydes is 1. The van der Waals surface area contributed by atoms with E-state index in [1.165, 1.54) is 10.5 Å². The van der Waals surface area contributed by atoms with Crippen molar-refractivity contribution in [3.05, 3.63) is 84.6 Å². The van der Waals surface area contributed by atoms with E-state index in [0.29, 0.717) is 97.8 Å². The highest BCUT2D eigenvalue weighted by Crippen LogP contribution is 2.03. The number of likely N-dealkylation sites (N-methyl/N-ethyl adjacent to an activating group) is 1. The van der Waals surface area contributed by atoms with Crippen LogP contribution in [0.3, 0.4) is 0 Å².